The quantitative estimate of drug-likeness (QED) is 0.347. The molecule has 0 heterocycles. The lowest BCUT2D eigenvalue weighted by Crippen LogP contribution is -1.24. The van der Waals surface area contributed by atoms with Gasteiger partial charge in [-0.3, -0.25) is 0 Å². The molecule has 0 bridgehead atoms. The first-order chi connectivity index (χ1) is 2.27. The zero-order chi connectivity index (χ0) is 4.28. The molecule has 0 N–H and O–H groups in total. The van der Waals surface area contributed by atoms with E-state index in [4.69, 9.17) is 1.34 Å². The topological polar surface area (TPSA) is 0 Å². The summed E-state index contributed by atoms with van der Waals surface area (Å²) in [5.41, 5.74) is 0. The molecule has 1 radical (unpaired) electrons. The van der Waals surface area contributed by atoms with E-state index in [2.05, 4.69) is 17.9 Å². The lowest BCUT2D eigenvalue weighted by molar-refractivity contribution is 4.85. The molecule has 0 spiro atoms. The highest BCUT2D eigenvalue weighted by Gasteiger charge is 1.66. The van der Waals surface area contributed by atoms with Crippen molar-refractivity contribution in [3.63, 3.8) is 0 Å². The van der Waals surface area contributed by atoms with Crippen LogP contribution in [-0.2, 0) is 0 Å². The van der Waals surface area contributed by atoms with Gasteiger partial charge in [0.25, 0.3) is 0 Å². The maximum absolute atomic E-state index is 6.52. The molecule has 4 heteroatoms. The predicted molar refractivity (Wildman–Crippen MR) is 33.5 cm³/mol. The monoisotopic (exact) mass is 111 g/mol. The maximum Gasteiger partial charge on any atom is 0.135 e. The second kappa shape index (κ2) is 2.58. The summed E-state index contributed by atoms with van der Waals surface area (Å²) in [7, 11) is 6.22. The molecule has 0 aliphatic carbocycles. The van der Waals surface area contributed by atoms with Gasteiger partial charge in [-0.05, 0) is 1.34 Å². The molecule has 4 heavy (non-hydrogen) atoms. The van der Waals surface area contributed by atoms with Crippen molar-refractivity contribution >= 4 is 32.6 Å². The van der Waals surface area contributed by atoms with Crippen LogP contribution in [0.4, 0.5) is 0 Å². The van der Waals surface area contributed by atoms with Crippen molar-refractivity contribution in [3.8, 4) is 0 Å². The summed E-state index contributed by atoms with van der Waals surface area (Å²) >= 11 is 0. The van der Waals surface area contributed by atoms with E-state index in [0.717, 1.165) is 0 Å². The smallest absolute Gasteiger partial charge is 0.117 e. The van der Waals surface area contributed by atoms with Gasteiger partial charge < -0.3 is 0 Å². The minimum absolute atomic E-state index is 0.223. The molecule has 0 saturated carbocycles. The van der Waals surface area contributed by atoms with Crippen molar-refractivity contribution < 1.29 is 0 Å². The van der Waals surface area contributed by atoms with E-state index in [1.165, 1.54) is 7.53 Å². The van der Waals surface area contributed by atoms with Crippen LogP contribution in [0.3, 0.4) is 0 Å². The molecule has 2 unspecified atom stereocenters. The van der Waals surface area contributed by atoms with Gasteiger partial charge in [-0.1, -0.05) is 0 Å². The summed E-state index contributed by atoms with van der Waals surface area (Å²) in [5.74, 6) is 0. The summed E-state index contributed by atoms with van der Waals surface area (Å²) in [4.78, 5) is 0. The first kappa shape index (κ1) is 3.54. The van der Waals surface area contributed by atoms with Crippen LogP contribution in [0.1, 0.15) is 0 Å². The molecule has 0 aromatic heterocycles. The second-order valence-electron chi connectivity index (χ2n) is 0.447. The van der Waals surface area contributed by atoms with Gasteiger partial charge >= 0.3 is 0 Å². The first-order valence-corrected chi connectivity index (χ1v) is 5.42. The average molecular weight is 111 g/mol. The lowest BCUT2D eigenvalue weighted by atomic mass is 10.8. The van der Waals surface area contributed by atoms with Gasteiger partial charge in [0.15, 0.2) is 0 Å². The largest absolute Gasteiger partial charge is 0.135 e. The Morgan fingerprint density at radius 3 is 2.25 bits per heavy atom. The van der Waals surface area contributed by atoms with Gasteiger partial charge in [0, 0.05) is 0 Å². The Hall–Kier alpha value is 1.35. The van der Waals surface area contributed by atoms with E-state index in [1.807, 2.05) is 0 Å². The van der Waals surface area contributed by atoms with Crippen LogP contribution in [-0.4, -0.2) is 8.86 Å². The average Bonchev–Trinajstić information content (AvgIpc) is 1.38. The molecule has 0 aliphatic heterocycles. The molecule has 23 valence electrons. The van der Waals surface area contributed by atoms with Gasteiger partial charge in [-0.2, -0.15) is 0 Å². The minimum atomic E-state index is -0.223. The Morgan fingerprint density at radius 2 is 2.25 bits per heavy atom. The number of hydrogen-bond donors (Lipinski definition) is 0. The minimum Gasteiger partial charge on any atom is -0.117 e. The molecular weight excluding hydrogens is 104 g/mol. The van der Waals surface area contributed by atoms with Crippen molar-refractivity contribution in [1.82, 2.24) is 0 Å². The van der Waals surface area contributed by atoms with Gasteiger partial charge in [0.05, 0.1) is 0 Å². The zero-order valence-corrected chi connectivity index (χ0v) is 5.38. The normalized spacial score (nSPS) is 11.2. The Labute approximate surface area is 34.8 Å². The molecule has 0 aromatic rings. The summed E-state index contributed by atoms with van der Waals surface area (Å²) < 4.78 is 6.52. The van der Waals surface area contributed by atoms with Crippen molar-refractivity contribution in [3.05, 3.63) is 0 Å². The van der Waals surface area contributed by atoms with E-state index in [-0.39, 0.29) is 7.18 Å². The summed E-state index contributed by atoms with van der Waals surface area (Å²) in [6, 6.07) is 0. The molecule has 0 rings (SSSR count). The van der Waals surface area contributed by atoms with Crippen molar-refractivity contribution in [1.29, 1.82) is 1.34 Å². The number of rotatable bonds is 1. The standard InChI is InChI=1S/BH5P3/c1-4(2)3/h1H,2-3H2/i1T. The highest BCUT2D eigenvalue weighted by atomic mass is 32.4. The van der Waals surface area contributed by atoms with E-state index in [0.29, 0.717) is 0 Å². The molecule has 2 atom stereocenters. The fraction of sp³-hybridized carbons (Fsp3) is 0. The van der Waals surface area contributed by atoms with E-state index in [1.54, 1.807) is 0 Å². The second-order valence-corrected chi connectivity index (χ2v) is 6.71. The highest BCUT2D eigenvalue weighted by Crippen LogP contribution is 2.46. The summed E-state index contributed by atoms with van der Waals surface area (Å²) in [6.07, 6.45) is 0. The zero-order valence-electron chi connectivity index (χ0n) is 3.18. The maximum atomic E-state index is 6.52. The Morgan fingerprint density at radius 1 is 2.00 bits per heavy atom. The van der Waals surface area contributed by atoms with Gasteiger partial charge in [0.2, 0.25) is 0 Å². The van der Waals surface area contributed by atoms with E-state index < -0.39 is 0 Å². The molecule has 0 saturated heterocycles. The number of hydrogen-bond acceptors (Lipinski definition) is 0. The van der Waals surface area contributed by atoms with Crippen LogP contribution in [0.2, 0.25) is 0 Å². The fourth-order valence-corrected chi connectivity index (χ4v) is 0. The van der Waals surface area contributed by atoms with Gasteiger partial charge in [-0.25, -0.2) is 0 Å². The molecule has 0 nitrogen and oxygen atoms in total. The Bertz CT molecular complexity index is 20.9. The van der Waals surface area contributed by atoms with Crippen molar-refractivity contribution in [2.45, 2.75) is 0 Å². The van der Waals surface area contributed by atoms with Gasteiger partial charge in [-0.15, -0.1) is 25.0 Å². The molecule has 0 fully saturated rings. The Balaban J connectivity index is 2.54. The van der Waals surface area contributed by atoms with E-state index >= 15 is 0 Å². The highest BCUT2D eigenvalue weighted by molar-refractivity contribution is 8.53. The molecule has 0 amide bonds. The van der Waals surface area contributed by atoms with Crippen LogP contribution < -0.4 is 0 Å². The van der Waals surface area contributed by atoms with E-state index in [9.17, 15) is 0 Å². The third-order valence-electron chi connectivity index (χ3n) is 0. The Kier molecular flexibility index (Phi) is 2.29. The SMILES string of the molecule is [3H][B]P(P)P. The van der Waals surface area contributed by atoms with Gasteiger partial charge in [0.1, 0.15) is 7.53 Å². The molecule has 0 aliphatic rings. The summed E-state index contributed by atoms with van der Waals surface area (Å²) in [5, 5.41) is 0. The molecule has 0 aromatic carbocycles. The van der Waals surface area contributed by atoms with Crippen molar-refractivity contribution in [2.75, 3.05) is 0 Å². The third kappa shape index (κ3) is 10.1. The van der Waals surface area contributed by atoms with Crippen LogP contribution in [0, 0.1) is 0 Å². The predicted octanol–water partition coefficient (Wildman–Crippen LogP) is 0.864. The first-order valence-electron chi connectivity index (χ1n) is 1.35. The molecular formula is H5BP3. The summed E-state index contributed by atoms with van der Waals surface area (Å²) in [6.45, 7) is 0. The van der Waals surface area contributed by atoms with Crippen LogP contribution >= 0.6 is 25.0 Å². The van der Waals surface area contributed by atoms with Crippen LogP contribution in [0.25, 0.3) is 0 Å². The van der Waals surface area contributed by atoms with Crippen LogP contribution in [0.15, 0.2) is 0 Å². The third-order valence-corrected chi connectivity index (χ3v) is 0. The van der Waals surface area contributed by atoms with Crippen LogP contribution in [0.5, 0.6) is 0 Å². The fourth-order valence-electron chi connectivity index (χ4n) is 0. The lowest BCUT2D eigenvalue weighted by Gasteiger charge is -1.81. The van der Waals surface area contributed by atoms with Crippen molar-refractivity contribution in [2.24, 2.45) is 0 Å².